The van der Waals surface area contributed by atoms with Crippen molar-refractivity contribution in [1.29, 1.82) is 0 Å². The van der Waals surface area contributed by atoms with Crippen molar-refractivity contribution in [3.05, 3.63) is 29.8 Å². The highest BCUT2D eigenvalue weighted by atomic mass is 16.2. The van der Waals surface area contributed by atoms with Gasteiger partial charge in [0.1, 0.15) is 0 Å². The molecule has 112 valence electrons. The van der Waals surface area contributed by atoms with E-state index in [1.165, 1.54) is 36.9 Å². The summed E-state index contributed by atoms with van der Waals surface area (Å²) in [4.78, 5) is 0. The van der Waals surface area contributed by atoms with Gasteiger partial charge in [-0.25, -0.2) is 0 Å². The predicted molar refractivity (Wildman–Crippen MR) is 86.1 cm³/mol. The summed E-state index contributed by atoms with van der Waals surface area (Å²) in [6, 6.07) is 9.13. The van der Waals surface area contributed by atoms with Gasteiger partial charge in [-0.1, -0.05) is 45.7 Å². The first-order valence-corrected chi connectivity index (χ1v) is 7.97. The van der Waals surface area contributed by atoms with Crippen LogP contribution in [0.4, 0.5) is 5.69 Å². The Bertz CT molecular complexity index is 404. The zero-order valence-electron chi connectivity index (χ0n) is 13.2. The largest absolute Gasteiger partial charge is 0.396 e. The number of hydrogen-bond donors (Lipinski definition) is 2. The van der Waals surface area contributed by atoms with E-state index in [1.807, 2.05) is 0 Å². The number of nitrogens with one attached hydrogen (secondary N) is 1. The van der Waals surface area contributed by atoms with Gasteiger partial charge in [-0.05, 0) is 48.3 Å². The van der Waals surface area contributed by atoms with E-state index in [9.17, 15) is 0 Å². The molecule has 1 saturated carbocycles. The number of hydrogen-bond acceptors (Lipinski definition) is 2. The molecule has 1 aromatic carbocycles. The van der Waals surface area contributed by atoms with Crippen molar-refractivity contribution in [3.63, 3.8) is 0 Å². The zero-order valence-corrected chi connectivity index (χ0v) is 13.2. The maximum Gasteiger partial charge on any atom is 0.0471 e. The molecular formula is C18H29NO. The molecule has 0 radical (unpaired) electrons. The van der Waals surface area contributed by atoms with Gasteiger partial charge in [0.15, 0.2) is 0 Å². The molecule has 1 fully saturated rings. The number of rotatable bonds is 4. The van der Waals surface area contributed by atoms with E-state index >= 15 is 0 Å². The molecule has 0 heterocycles. The minimum atomic E-state index is 0.224. The van der Waals surface area contributed by atoms with Crippen molar-refractivity contribution in [2.24, 2.45) is 11.3 Å². The van der Waals surface area contributed by atoms with E-state index in [-0.39, 0.29) is 6.61 Å². The van der Waals surface area contributed by atoms with Crippen LogP contribution in [0.15, 0.2) is 24.3 Å². The number of aliphatic hydroxyl groups is 1. The van der Waals surface area contributed by atoms with Crippen LogP contribution in [-0.4, -0.2) is 17.8 Å². The first-order valence-electron chi connectivity index (χ1n) is 7.97. The zero-order chi connectivity index (χ0) is 14.6. The molecule has 2 heteroatoms. The molecule has 1 aromatic rings. The lowest BCUT2D eigenvalue weighted by atomic mass is 9.69. The maximum atomic E-state index is 8.96. The highest BCUT2D eigenvalue weighted by molar-refractivity contribution is 5.45. The van der Waals surface area contributed by atoms with Crippen molar-refractivity contribution in [3.8, 4) is 0 Å². The van der Waals surface area contributed by atoms with Crippen molar-refractivity contribution < 1.29 is 5.11 Å². The molecule has 20 heavy (non-hydrogen) atoms. The Labute approximate surface area is 123 Å². The Kier molecular flexibility index (Phi) is 5.09. The third kappa shape index (κ3) is 3.99. The summed E-state index contributed by atoms with van der Waals surface area (Å²) >= 11 is 0. The fraction of sp³-hybridized carbons (Fsp3) is 0.667. The maximum absolute atomic E-state index is 8.96. The van der Waals surface area contributed by atoms with Gasteiger partial charge >= 0.3 is 0 Å². The van der Waals surface area contributed by atoms with Crippen LogP contribution in [0.5, 0.6) is 0 Å². The van der Waals surface area contributed by atoms with Crippen LogP contribution >= 0.6 is 0 Å². The molecule has 2 N–H and O–H groups in total. The molecule has 0 spiro atoms. The molecule has 0 saturated heterocycles. The van der Waals surface area contributed by atoms with Gasteiger partial charge in [-0.15, -0.1) is 0 Å². The molecule has 1 aliphatic rings. The molecule has 0 amide bonds. The van der Waals surface area contributed by atoms with Crippen LogP contribution < -0.4 is 5.32 Å². The van der Waals surface area contributed by atoms with Crippen LogP contribution in [-0.2, 0) is 6.42 Å². The molecular weight excluding hydrogens is 246 g/mol. The van der Waals surface area contributed by atoms with Gasteiger partial charge < -0.3 is 10.4 Å². The van der Waals surface area contributed by atoms with E-state index in [0.29, 0.717) is 11.5 Å². The summed E-state index contributed by atoms with van der Waals surface area (Å²) in [6.45, 7) is 7.31. The van der Waals surface area contributed by atoms with E-state index in [4.69, 9.17) is 5.11 Å². The van der Waals surface area contributed by atoms with Crippen LogP contribution in [0.2, 0.25) is 0 Å². The molecule has 2 atom stereocenters. The summed E-state index contributed by atoms with van der Waals surface area (Å²) in [5.41, 5.74) is 2.79. The minimum absolute atomic E-state index is 0.224. The second kappa shape index (κ2) is 6.62. The van der Waals surface area contributed by atoms with Crippen LogP contribution in [0.3, 0.4) is 0 Å². The highest BCUT2D eigenvalue weighted by Gasteiger charge is 2.33. The van der Waals surface area contributed by atoms with Gasteiger partial charge in [0.05, 0.1) is 0 Å². The fourth-order valence-corrected chi connectivity index (χ4v) is 3.45. The summed E-state index contributed by atoms with van der Waals surface area (Å²) in [5.74, 6) is 0.744. The summed E-state index contributed by atoms with van der Waals surface area (Å²) in [6.07, 6.45) is 6.07. The summed E-state index contributed by atoms with van der Waals surface area (Å²) < 4.78 is 0. The van der Waals surface area contributed by atoms with Gasteiger partial charge in [-0.3, -0.25) is 0 Å². The molecule has 1 aliphatic carbocycles. The number of aliphatic hydroxyl groups excluding tert-OH is 1. The van der Waals surface area contributed by atoms with E-state index in [0.717, 1.165) is 12.3 Å². The van der Waals surface area contributed by atoms with Crippen molar-refractivity contribution in [2.45, 2.75) is 58.9 Å². The SMILES string of the molecule is CC(C)(C)C1CCCCC1Nc1ccc(CCO)cc1. The van der Waals surface area contributed by atoms with Crippen molar-refractivity contribution in [2.75, 3.05) is 11.9 Å². The highest BCUT2D eigenvalue weighted by Crippen LogP contribution is 2.39. The number of benzene rings is 1. The molecule has 2 nitrogen and oxygen atoms in total. The normalized spacial score (nSPS) is 23.6. The fourth-order valence-electron chi connectivity index (χ4n) is 3.45. The van der Waals surface area contributed by atoms with Crippen LogP contribution in [0.25, 0.3) is 0 Å². The topological polar surface area (TPSA) is 32.3 Å². The van der Waals surface area contributed by atoms with Crippen LogP contribution in [0.1, 0.15) is 52.0 Å². The Morgan fingerprint density at radius 1 is 1.10 bits per heavy atom. The van der Waals surface area contributed by atoms with Gasteiger partial charge in [-0.2, -0.15) is 0 Å². The average molecular weight is 275 g/mol. The van der Waals surface area contributed by atoms with E-state index in [2.05, 4.69) is 50.4 Å². The van der Waals surface area contributed by atoms with E-state index < -0.39 is 0 Å². The first-order chi connectivity index (χ1) is 9.50. The Morgan fingerprint density at radius 2 is 1.75 bits per heavy atom. The first kappa shape index (κ1) is 15.4. The predicted octanol–water partition coefficient (Wildman–Crippen LogP) is 4.24. The Hall–Kier alpha value is -1.02. The molecule has 2 rings (SSSR count). The lowest BCUT2D eigenvalue weighted by molar-refractivity contribution is 0.163. The van der Waals surface area contributed by atoms with Crippen LogP contribution in [0, 0.1) is 11.3 Å². The molecule has 0 bridgehead atoms. The molecule has 0 aliphatic heterocycles. The standard InChI is InChI=1S/C18H29NO/c1-18(2,3)16-6-4-5-7-17(16)19-15-10-8-14(9-11-15)12-13-20/h8-11,16-17,19-20H,4-7,12-13H2,1-3H3. The summed E-state index contributed by atoms with van der Waals surface area (Å²) in [7, 11) is 0. The quantitative estimate of drug-likeness (QED) is 0.861. The third-order valence-electron chi connectivity index (χ3n) is 4.58. The second-order valence-corrected chi connectivity index (χ2v) is 7.18. The average Bonchev–Trinajstić information content (AvgIpc) is 2.41. The van der Waals surface area contributed by atoms with E-state index in [1.54, 1.807) is 0 Å². The monoisotopic (exact) mass is 275 g/mol. The number of anilines is 1. The summed E-state index contributed by atoms with van der Waals surface area (Å²) in [5, 5.41) is 12.7. The Morgan fingerprint density at radius 3 is 2.35 bits per heavy atom. The van der Waals surface area contributed by atoms with Crippen molar-refractivity contribution in [1.82, 2.24) is 0 Å². The Balaban J connectivity index is 2.03. The lowest BCUT2D eigenvalue weighted by Crippen LogP contribution is -2.39. The molecule has 2 unspecified atom stereocenters. The van der Waals surface area contributed by atoms with Gasteiger partial charge in [0, 0.05) is 18.3 Å². The second-order valence-electron chi connectivity index (χ2n) is 7.18. The van der Waals surface area contributed by atoms with Gasteiger partial charge in [0.25, 0.3) is 0 Å². The third-order valence-corrected chi connectivity index (χ3v) is 4.58. The minimum Gasteiger partial charge on any atom is -0.396 e. The van der Waals surface area contributed by atoms with Crippen molar-refractivity contribution >= 4 is 5.69 Å². The van der Waals surface area contributed by atoms with Gasteiger partial charge in [0.2, 0.25) is 0 Å². The smallest absolute Gasteiger partial charge is 0.0471 e. The lowest BCUT2D eigenvalue weighted by Gasteiger charge is -2.41. The molecule has 0 aromatic heterocycles.